The first-order chi connectivity index (χ1) is 8.41. The lowest BCUT2D eigenvalue weighted by molar-refractivity contribution is -0.0728. The Kier molecular flexibility index (Phi) is 15.7. The molecule has 0 amide bonds. The summed E-state index contributed by atoms with van der Waals surface area (Å²) in [5.74, 6) is 0. The molecule has 0 radical (unpaired) electrons. The molecule has 0 rings (SSSR count). The van der Waals surface area contributed by atoms with Crippen LogP contribution in [0, 0.1) is 0 Å². The van der Waals surface area contributed by atoms with Crippen LogP contribution in [0.1, 0.15) is 39.5 Å². The van der Waals surface area contributed by atoms with Crippen molar-refractivity contribution >= 4 is 0 Å². The SMILES string of the molecule is CCCCCCOCOCCOCCOCC. The summed E-state index contributed by atoms with van der Waals surface area (Å²) in [7, 11) is 0. The number of unbranched alkanes of at least 4 members (excludes halogenated alkanes) is 3. The van der Waals surface area contributed by atoms with E-state index in [-0.39, 0.29) is 0 Å². The van der Waals surface area contributed by atoms with E-state index in [4.69, 9.17) is 18.9 Å². The molecule has 0 unspecified atom stereocenters. The number of hydrogen-bond acceptors (Lipinski definition) is 4. The van der Waals surface area contributed by atoms with E-state index in [0.29, 0.717) is 33.2 Å². The normalized spacial score (nSPS) is 10.9. The molecule has 0 atom stereocenters. The molecule has 0 N–H and O–H groups in total. The number of ether oxygens (including phenoxy) is 4. The van der Waals surface area contributed by atoms with Crippen molar-refractivity contribution in [1.29, 1.82) is 0 Å². The maximum Gasteiger partial charge on any atom is 0.146 e. The molecule has 0 aliphatic rings. The summed E-state index contributed by atoms with van der Waals surface area (Å²) in [5.41, 5.74) is 0. The lowest BCUT2D eigenvalue weighted by Crippen LogP contribution is -2.11. The van der Waals surface area contributed by atoms with Crippen LogP contribution in [-0.4, -0.2) is 46.4 Å². The molecule has 0 saturated carbocycles. The summed E-state index contributed by atoms with van der Waals surface area (Å²) >= 11 is 0. The van der Waals surface area contributed by atoms with Gasteiger partial charge in [0, 0.05) is 13.2 Å². The summed E-state index contributed by atoms with van der Waals surface area (Å²) in [6, 6.07) is 0. The molecular weight excluding hydrogens is 220 g/mol. The van der Waals surface area contributed by atoms with Gasteiger partial charge in [0.15, 0.2) is 0 Å². The second kappa shape index (κ2) is 15.8. The highest BCUT2D eigenvalue weighted by atomic mass is 16.7. The van der Waals surface area contributed by atoms with Crippen molar-refractivity contribution in [2.24, 2.45) is 0 Å². The van der Waals surface area contributed by atoms with Crippen LogP contribution in [0.5, 0.6) is 0 Å². The zero-order valence-electron chi connectivity index (χ0n) is 11.4. The van der Waals surface area contributed by atoms with Gasteiger partial charge in [-0.2, -0.15) is 0 Å². The van der Waals surface area contributed by atoms with E-state index in [2.05, 4.69) is 6.92 Å². The van der Waals surface area contributed by atoms with Crippen LogP contribution in [-0.2, 0) is 18.9 Å². The largest absolute Gasteiger partial charge is 0.379 e. The van der Waals surface area contributed by atoms with E-state index in [0.717, 1.165) is 19.6 Å². The molecule has 0 aromatic rings. The fraction of sp³-hybridized carbons (Fsp3) is 1.00. The first kappa shape index (κ1) is 16.8. The molecule has 0 aliphatic carbocycles. The molecule has 17 heavy (non-hydrogen) atoms. The average molecular weight is 248 g/mol. The van der Waals surface area contributed by atoms with E-state index in [1.54, 1.807) is 0 Å². The van der Waals surface area contributed by atoms with Crippen molar-refractivity contribution in [3.63, 3.8) is 0 Å². The van der Waals surface area contributed by atoms with Crippen molar-refractivity contribution in [3.05, 3.63) is 0 Å². The van der Waals surface area contributed by atoms with E-state index < -0.39 is 0 Å². The maximum atomic E-state index is 5.32. The lowest BCUT2D eigenvalue weighted by atomic mass is 10.2. The molecule has 0 aliphatic heterocycles. The number of hydrogen-bond donors (Lipinski definition) is 0. The van der Waals surface area contributed by atoms with Crippen molar-refractivity contribution < 1.29 is 18.9 Å². The van der Waals surface area contributed by atoms with Crippen LogP contribution in [0.15, 0.2) is 0 Å². The molecule has 0 bridgehead atoms. The van der Waals surface area contributed by atoms with Crippen LogP contribution in [0.3, 0.4) is 0 Å². The predicted molar refractivity (Wildman–Crippen MR) is 68.2 cm³/mol. The Balaban J connectivity index is 2.85. The minimum atomic E-state index is 0.376. The second-order valence-corrected chi connectivity index (χ2v) is 3.80. The van der Waals surface area contributed by atoms with Crippen molar-refractivity contribution in [1.82, 2.24) is 0 Å². The van der Waals surface area contributed by atoms with Crippen LogP contribution in [0.2, 0.25) is 0 Å². The molecule has 0 heterocycles. The van der Waals surface area contributed by atoms with E-state index in [1.165, 1.54) is 19.3 Å². The van der Waals surface area contributed by atoms with Gasteiger partial charge in [0.2, 0.25) is 0 Å². The molecule has 0 fully saturated rings. The van der Waals surface area contributed by atoms with Gasteiger partial charge in [0.25, 0.3) is 0 Å². The lowest BCUT2D eigenvalue weighted by Gasteiger charge is -2.06. The highest BCUT2D eigenvalue weighted by Gasteiger charge is 1.91. The van der Waals surface area contributed by atoms with Gasteiger partial charge < -0.3 is 18.9 Å². The average Bonchev–Trinajstić information content (AvgIpc) is 2.35. The van der Waals surface area contributed by atoms with Gasteiger partial charge in [-0.1, -0.05) is 26.2 Å². The van der Waals surface area contributed by atoms with Gasteiger partial charge in [-0.05, 0) is 13.3 Å². The predicted octanol–water partition coefficient (Wildman–Crippen LogP) is 2.61. The first-order valence-electron chi connectivity index (χ1n) is 6.72. The standard InChI is InChI=1S/C13H28O4/c1-3-5-6-7-8-16-13-17-12-11-15-10-9-14-4-2/h3-13H2,1-2H3. The Hall–Kier alpha value is -0.160. The molecular formula is C13H28O4. The van der Waals surface area contributed by atoms with Crippen LogP contribution in [0.4, 0.5) is 0 Å². The summed E-state index contributed by atoms with van der Waals surface area (Å²) < 4.78 is 21.0. The van der Waals surface area contributed by atoms with Crippen molar-refractivity contribution in [2.75, 3.05) is 46.4 Å². The molecule has 0 aromatic carbocycles. The molecule has 0 saturated heterocycles. The highest BCUT2D eigenvalue weighted by molar-refractivity contribution is 4.38. The minimum Gasteiger partial charge on any atom is -0.379 e. The van der Waals surface area contributed by atoms with Gasteiger partial charge >= 0.3 is 0 Å². The van der Waals surface area contributed by atoms with Crippen LogP contribution >= 0.6 is 0 Å². The number of rotatable bonds is 14. The monoisotopic (exact) mass is 248 g/mol. The smallest absolute Gasteiger partial charge is 0.146 e. The molecule has 4 nitrogen and oxygen atoms in total. The Morgan fingerprint density at radius 3 is 1.94 bits per heavy atom. The highest BCUT2D eigenvalue weighted by Crippen LogP contribution is 1.98. The maximum absolute atomic E-state index is 5.32. The Morgan fingerprint density at radius 2 is 1.24 bits per heavy atom. The summed E-state index contributed by atoms with van der Waals surface area (Å²) in [6.07, 6.45) is 4.92. The third kappa shape index (κ3) is 15.8. The molecule has 4 heteroatoms. The van der Waals surface area contributed by atoms with Crippen molar-refractivity contribution in [3.8, 4) is 0 Å². The Bertz CT molecular complexity index is 117. The van der Waals surface area contributed by atoms with E-state index in [1.807, 2.05) is 6.92 Å². The fourth-order valence-electron chi connectivity index (χ4n) is 1.29. The van der Waals surface area contributed by atoms with Gasteiger partial charge in [-0.25, -0.2) is 0 Å². The molecule has 104 valence electrons. The third-order valence-corrected chi connectivity index (χ3v) is 2.26. The van der Waals surface area contributed by atoms with E-state index >= 15 is 0 Å². The quantitative estimate of drug-likeness (QED) is 0.350. The molecule has 0 aromatic heterocycles. The van der Waals surface area contributed by atoms with Gasteiger partial charge in [-0.3, -0.25) is 0 Å². The van der Waals surface area contributed by atoms with Gasteiger partial charge in [0.05, 0.1) is 26.4 Å². The van der Waals surface area contributed by atoms with Gasteiger partial charge in [0.1, 0.15) is 6.79 Å². The summed E-state index contributed by atoms with van der Waals surface area (Å²) in [6.45, 7) is 8.57. The van der Waals surface area contributed by atoms with Crippen LogP contribution in [0.25, 0.3) is 0 Å². The second-order valence-electron chi connectivity index (χ2n) is 3.80. The van der Waals surface area contributed by atoms with Crippen molar-refractivity contribution in [2.45, 2.75) is 39.5 Å². The van der Waals surface area contributed by atoms with E-state index in [9.17, 15) is 0 Å². The summed E-state index contributed by atoms with van der Waals surface area (Å²) in [5, 5.41) is 0. The first-order valence-corrected chi connectivity index (χ1v) is 6.72. The van der Waals surface area contributed by atoms with Gasteiger partial charge in [-0.15, -0.1) is 0 Å². The Labute approximate surface area is 106 Å². The molecule has 0 spiro atoms. The minimum absolute atomic E-state index is 0.376. The zero-order valence-corrected chi connectivity index (χ0v) is 11.4. The Morgan fingerprint density at radius 1 is 0.588 bits per heavy atom. The van der Waals surface area contributed by atoms with Crippen LogP contribution < -0.4 is 0 Å². The summed E-state index contributed by atoms with van der Waals surface area (Å²) in [4.78, 5) is 0. The topological polar surface area (TPSA) is 36.9 Å². The fourth-order valence-corrected chi connectivity index (χ4v) is 1.29. The zero-order chi connectivity index (χ0) is 12.6. The third-order valence-electron chi connectivity index (χ3n) is 2.26.